The summed E-state index contributed by atoms with van der Waals surface area (Å²) in [6, 6.07) is 25.1. The molecule has 13 heteroatoms. The number of esters is 2. The Kier molecular flexibility index (Phi) is 23.4. The summed E-state index contributed by atoms with van der Waals surface area (Å²) in [4.78, 5) is 36.3. The first kappa shape index (κ1) is 57.1. The Balaban J connectivity index is 0.000000165. The van der Waals surface area contributed by atoms with Gasteiger partial charge in [-0.15, -0.1) is 0 Å². The predicted molar refractivity (Wildman–Crippen MR) is 298 cm³/mol. The van der Waals surface area contributed by atoms with E-state index in [0.29, 0.717) is 17.9 Å². The fourth-order valence-corrected chi connectivity index (χ4v) is 12.4. The Bertz CT molecular complexity index is 2370. The third kappa shape index (κ3) is 17.0. The lowest BCUT2D eigenvalue weighted by molar-refractivity contribution is -0.147. The second-order valence-electron chi connectivity index (χ2n) is 21.2. The Labute approximate surface area is 456 Å². The molecular formula is C62H85BrN4O8. The van der Waals surface area contributed by atoms with Gasteiger partial charge in [-0.3, -0.25) is 19.7 Å². The normalized spacial score (nSPS) is 20.8. The highest BCUT2D eigenvalue weighted by Crippen LogP contribution is 2.38. The molecule has 6 heterocycles. The topological polar surface area (TPSA) is 131 Å². The van der Waals surface area contributed by atoms with Gasteiger partial charge in [-0.25, -0.2) is 4.79 Å². The third-order valence-electron chi connectivity index (χ3n) is 16.1. The van der Waals surface area contributed by atoms with Crippen LogP contribution in [-0.2, 0) is 76.5 Å². The first-order chi connectivity index (χ1) is 36.9. The summed E-state index contributed by atoms with van der Waals surface area (Å²) in [7, 11) is 2.90. The van der Waals surface area contributed by atoms with Crippen molar-refractivity contribution in [3.63, 3.8) is 0 Å². The van der Waals surface area contributed by atoms with Gasteiger partial charge in [0.05, 0.1) is 26.4 Å². The number of benzene rings is 2. The molecule has 2 aromatic heterocycles. The van der Waals surface area contributed by atoms with E-state index in [0.717, 1.165) is 148 Å². The molecule has 2 aromatic carbocycles. The highest BCUT2D eigenvalue weighted by Gasteiger charge is 2.37. The van der Waals surface area contributed by atoms with Crippen molar-refractivity contribution < 1.29 is 38.0 Å². The second kappa shape index (κ2) is 30.8. The summed E-state index contributed by atoms with van der Waals surface area (Å²) in [6.45, 7) is 8.56. The van der Waals surface area contributed by atoms with Crippen molar-refractivity contribution in [3.8, 4) is 0 Å². The van der Waals surface area contributed by atoms with Crippen LogP contribution in [0.25, 0.3) is 0 Å². The standard InChI is InChI=1S/C31H42N2O4.C17H26N2O.C14H17BrO3/c1-35-31(34)30(28-11-4-3-10-27(28)23-16-20-36-21-17-23)33-18-15-26(22-33)37-19-7-6-9-25-14-13-24-8-2-5-12-29(24)32-25;1-2-7-17-14(5-1)8-9-15(19-17)6-3-4-12-20-16-10-11-18-13-16;1-17-14(16)13(15)12-5-3-2-4-11(12)10-6-8-18-9-7-10/h3-4,10-11,13-14,23,26,30H,2,5-9,12,15-22H2,1H3;8-9,16,18H,1-7,10-13H2;2-5,10,13H,6-9H2,1H3/t26-,30?;16-;/m11./s1. The molecule has 1 N–H and O–H groups in total. The number of unbranched alkanes of at least 4 members (excludes halogenated alkanes) is 2. The van der Waals surface area contributed by atoms with E-state index >= 15 is 0 Å². The number of aromatic nitrogens is 2. The van der Waals surface area contributed by atoms with E-state index in [1.54, 1.807) is 0 Å². The first-order valence-electron chi connectivity index (χ1n) is 28.6. The minimum absolute atomic E-state index is 0.157. The molecule has 10 rings (SSSR count). The van der Waals surface area contributed by atoms with Crippen molar-refractivity contribution in [2.75, 3.05) is 80.0 Å². The molecule has 0 amide bonds. The summed E-state index contributed by atoms with van der Waals surface area (Å²) in [6.07, 6.45) is 23.3. The summed E-state index contributed by atoms with van der Waals surface area (Å²) in [5.41, 5.74) is 12.7. The maximum atomic E-state index is 13.0. The van der Waals surface area contributed by atoms with Crippen LogP contribution in [0.3, 0.4) is 0 Å². The van der Waals surface area contributed by atoms with Crippen LogP contribution in [0.5, 0.6) is 0 Å². The number of alkyl halides is 1. The number of carbonyl (C=O) groups is 2. The zero-order valence-corrected chi connectivity index (χ0v) is 46.7. The molecule has 0 bridgehead atoms. The molecule has 0 saturated carbocycles. The zero-order valence-electron chi connectivity index (χ0n) is 45.1. The van der Waals surface area contributed by atoms with Crippen molar-refractivity contribution in [2.45, 2.75) is 163 Å². The number of aryl methyl sites for hydroxylation is 6. The fourth-order valence-electron chi connectivity index (χ4n) is 11.8. The zero-order chi connectivity index (χ0) is 52.0. The SMILES string of the molecule is COC(=O)C(Br)c1ccccc1C1CCOCC1.COC(=O)C(c1ccccc1C1CCOCC1)N1CC[C@@H](OCCCCc2ccc3c(n2)CCCC3)C1.c1cc2c(nc1CCCCO[C@@H]1CCNC1)CCCC2. The van der Waals surface area contributed by atoms with E-state index in [4.69, 9.17) is 38.4 Å². The van der Waals surface area contributed by atoms with Gasteiger partial charge in [0.15, 0.2) is 0 Å². The number of ether oxygens (including phenoxy) is 6. The molecule has 2 unspecified atom stereocenters. The smallest absolute Gasteiger partial charge is 0.327 e. The largest absolute Gasteiger partial charge is 0.468 e. The molecule has 4 aliphatic heterocycles. The van der Waals surface area contributed by atoms with E-state index in [-0.39, 0.29) is 28.9 Å². The van der Waals surface area contributed by atoms with Gasteiger partial charge < -0.3 is 33.7 Å². The van der Waals surface area contributed by atoms with Crippen molar-refractivity contribution in [2.24, 2.45) is 0 Å². The number of nitrogens with zero attached hydrogens (tertiary/aromatic N) is 3. The molecule has 2 aliphatic carbocycles. The van der Waals surface area contributed by atoms with Gasteiger partial charge in [0.25, 0.3) is 0 Å². The third-order valence-corrected chi connectivity index (χ3v) is 17.0. The number of likely N-dealkylation sites (tertiary alicyclic amines) is 1. The van der Waals surface area contributed by atoms with Crippen LogP contribution >= 0.6 is 15.9 Å². The summed E-state index contributed by atoms with van der Waals surface area (Å²) >= 11 is 3.42. The lowest BCUT2D eigenvalue weighted by Crippen LogP contribution is -2.35. The van der Waals surface area contributed by atoms with E-state index in [9.17, 15) is 9.59 Å². The fraction of sp³-hybridized carbons (Fsp3) is 0.613. The maximum Gasteiger partial charge on any atom is 0.327 e. The minimum Gasteiger partial charge on any atom is -0.468 e. The number of halogens is 1. The first-order valence-corrected chi connectivity index (χ1v) is 29.6. The van der Waals surface area contributed by atoms with Gasteiger partial charge in [-0.05, 0) is 192 Å². The Morgan fingerprint density at radius 3 is 1.69 bits per heavy atom. The maximum absolute atomic E-state index is 13.0. The van der Waals surface area contributed by atoms with E-state index in [2.05, 4.69) is 74.7 Å². The molecular weight excluding hydrogens is 1010 g/mol. The number of carbonyl (C=O) groups excluding carboxylic acids is 2. The van der Waals surface area contributed by atoms with Crippen LogP contribution in [0, 0.1) is 0 Å². The lowest BCUT2D eigenvalue weighted by atomic mass is 9.85. The van der Waals surface area contributed by atoms with Crippen molar-refractivity contribution in [1.29, 1.82) is 0 Å². The van der Waals surface area contributed by atoms with Crippen molar-refractivity contribution >= 4 is 27.9 Å². The Morgan fingerprint density at radius 1 is 0.627 bits per heavy atom. The average Bonchev–Trinajstić information content (AvgIpc) is 4.18. The van der Waals surface area contributed by atoms with Gasteiger partial charge >= 0.3 is 11.9 Å². The quantitative estimate of drug-likeness (QED) is 0.0545. The van der Waals surface area contributed by atoms with Gasteiger partial charge in [0.2, 0.25) is 0 Å². The highest BCUT2D eigenvalue weighted by molar-refractivity contribution is 9.09. The molecule has 12 nitrogen and oxygen atoms in total. The number of hydrogen-bond acceptors (Lipinski definition) is 12. The molecule has 0 spiro atoms. The van der Waals surface area contributed by atoms with Crippen LogP contribution in [0.1, 0.15) is 169 Å². The van der Waals surface area contributed by atoms with E-state index in [1.807, 2.05) is 24.3 Å². The van der Waals surface area contributed by atoms with Crippen LogP contribution in [0.2, 0.25) is 0 Å². The summed E-state index contributed by atoms with van der Waals surface area (Å²) in [5, 5.41) is 3.33. The van der Waals surface area contributed by atoms with Crippen LogP contribution < -0.4 is 5.32 Å². The number of rotatable bonds is 19. The average molecular weight is 1090 g/mol. The number of nitrogens with one attached hydrogen (secondary N) is 1. The summed E-state index contributed by atoms with van der Waals surface area (Å²) in [5.74, 6) is 0.461. The van der Waals surface area contributed by atoms with Gasteiger partial charge in [0, 0.05) is 82.1 Å². The van der Waals surface area contributed by atoms with Crippen LogP contribution in [0.15, 0.2) is 72.8 Å². The molecule has 4 aromatic rings. The lowest BCUT2D eigenvalue weighted by Gasteiger charge is -2.31. The summed E-state index contributed by atoms with van der Waals surface area (Å²) < 4.78 is 33.2. The molecule has 4 saturated heterocycles. The molecule has 4 atom stereocenters. The number of pyridine rings is 2. The number of fused-ring (bicyclic) bond motifs is 2. The van der Waals surface area contributed by atoms with Gasteiger partial charge in [0.1, 0.15) is 10.9 Å². The van der Waals surface area contributed by atoms with Crippen LogP contribution in [0.4, 0.5) is 0 Å². The van der Waals surface area contributed by atoms with Crippen molar-refractivity contribution in [1.82, 2.24) is 20.2 Å². The Morgan fingerprint density at radius 2 is 1.15 bits per heavy atom. The predicted octanol–water partition coefficient (Wildman–Crippen LogP) is 11.0. The van der Waals surface area contributed by atoms with E-state index < -0.39 is 0 Å². The van der Waals surface area contributed by atoms with Crippen LogP contribution in [-0.4, -0.2) is 119 Å². The molecule has 4 fully saturated rings. The highest BCUT2D eigenvalue weighted by atomic mass is 79.9. The van der Waals surface area contributed by atoms with E-state index in [1.165, 1.54) is 117 Å². The minimum atomic E-state index is -0.387. The Hall–Kier alpha value is -4.08. The molecule has 0 radical (unpaired) electrons. The molecule has 6 aliphatic rings. The second-order valence-corrected chi connectivity index (χ2v) is 22.2. The van der Waals surface area contributed by atoms with Crippen molar-refractivity contribution in [3.05, 3.63) is 129 Å². The number of methoxy groups -OCH3 is 2. The van der Waals surface area contributed by atoms with Gasteiger partial charge in [-0.1, -0.05) is 76.6 Å². The monoisotopic (exact) mass is 1090 g/mol. The molecule has 408 valence electrons. The number of hydrogen-bond donors (Lipinski definition) is 1. The van der Waals surface area contributed by atoms with Gasteiger partial charge in [-0.2, -0.15) is 0 Å². The molecule has 75 heavy (non-hydrogen) atoms.